The van der Waals surface area contributed by atoms with Crippen LogP contribution in [-0.2, 0) is 4.79 Å². The summed E-state index contributed by atoms with van der Waals surface area (Å²) in [6.45, 7) is 3.54. The van der Waals surface area contributed by atoms with Crippen LogP contribution in [-0.4, -0.2) is 5.78 Å². The van der Waals surface area contributed by atoms with E-state index in [1.165, 1.54) is 0 Å². The van der Waals surface area contributed by atoms with E-state index in [0.29, 0.717) is 49.5 Å². The second-order valence-corrected chi connectivity index (χ2v) is 7.52. The molecule has 4 nitrogen and oxygen atoms in total. The quantitative estimate of drug-likeness (QED) is 0.405. The lowest BCUT2D eigenvalue weighted by atomic mass is 9.94. The van der Waals surface area contributed by atoms with E-state index in [0.717, 1.165) is 5.39 Å². The maximum absolute atomic E-state index is 12.2. The van der Waals surface area contributed by atoms with Crippen LogP contribution in [0.4, 0.5) is 5.69 Å². The Kier molecular flexibility index (Phi) is 5.22. The Morgan fingerprint density at radius 3 is 2.24 bits per heavy atom. The van der Waals surface area contributed by atoms with E-state index < -0.39 is 0 Å². The minimum Gasteiger partial charge on any atom is -0.453 e. The van der Waals surface area contributed by atoms with Crippen molar-refractivity contribution in [2.75, 3.05) is 0 Å². The topological polar surface area (TPSA) is 54.9 Å². The molecule has 0 fully saturated rings. The van der Waals surface area contributed by atoms with Crippen LogP contribution in [0.2, 0.25) is 10.0 Å². The summed E-state index contributed by atoms with van der Waals surface area (Å²) in [5.74, 6) is 0.404. The van der Waals surface area contributed by atoms with Gasteiger partial charge in [-0.15, -0.1) is 5.11 Å². The Morgan fingerprint density at radius 1 is 0.931 bits per heavy atom. The number of hydrogen-bond acceptors (Lipinski definition) is 4. The number of ketones is 1. The molecule has 3 aromatic rings. The molecule has 1 aromatic heterocycles. The lowest BCUT2D eigenvalue weighted by molar-refractivity contribution is -0.112. The summed E-state index contributed by atoms with van der Waals surface area (Å²) in [6.07, 6.45) is 3.55. The first-order chi connectivity index (χ1) is 13.9. The molecule has 144 valence electrons. The van der Waals surface area contributed by atoms with Crippen molar-refractivity contribution in [2.24, 2.45) is 10.2 Å². The zero-order valence-corrected chi connectivity index (χ0v) is 17.3. The van der Waals surface area contributed by atoms with Gasteiger partial charge in [0, 0.05) is 16.0 Å². The number of carbonyl (C=O) groups is 1. The van der Waals surface area contributed by atoms with E-state index in [1.807, 2.05) is 24.3 Å². The standard InChI is InChI=1S/C23H16Cl2N2O2/c1-13-11-15(12-14(2)22(13)28)21(27-26-17-9-7-16(24)8-10-17)23-20(25)18-5-3-4-6-19(18)29-23/h3-12H,1-2H3. The summed E-state index contributed by atoms with van der Waals surface area (Å²) in [5, 5.41) is 10.6. The molecule has 1 heterocycles. The van der Waals surface area contributed by atoms with Crippen LogP contribution in [0.15, 0.2) is 92.0 Å². The number of furan rings is 1. The normalized spacial score (nSPS) is 14.5. The van der Waals surface area contributed by atoms with E-state index in [-0.39, 0.29) is 5.78 Å². The molecule has 0 N–H and O–H groups in total. The van der Waals surface area contributed by atoms with Crippen molar-refractivity contribution in [2.45, 2.75) is 13.8 Å². The van der Waals surface area contributed by atoms with Gasteiger partial charge in [-0.2, -0.15) is 5.11 Å². The third kappa shape index (κ3) is 3.82. The van der Waals surface area contributed by atoms with E-state index in [1.54, 1.807) is 50.3 Å². The number of Topliss-reactive ketones (excluding diaryl/α,β-unsaturated/α-hetero) is 1. The van der Waals surface area contributed by atoms with Gasteiger partial charge in [-0.05, 0) is 73.5 Å². The number of allylic oxidation sites excluding steroid dienone is 5. The minimum atomic E-state index is -0.00144. The number of halogens is 2. The van der Waals surface area contributed by atoms with Crippen LogP contribution in [0.3, 0.4) is 0 Å². The van der Waals surface area contributed by atoms with Gasteiger partial charge in [-0.3, -0.25) is 4.79 Å². The molecule has 0 saturated carbocycles. The molecular formula is C23H16Cl2N2O2. The monoisotopic (exact) mass is 422 g/mol. The SMILES string of the molecule is CC1=CC(=C(N=Nc2ccc(Cl)cc2)c2oc3ccccc3c2Cl)C=C(C)C1=O. The molecule has 0 spiro atoms. The number of para-hydroxylation sites is 1. The fourth-order valence-electron chi connectivity index (χ4n) is 3.10. The highest BCUT2D eigenvalue weighted by atomic mass is 35.5. The highest BCUT2D eigenvalue weighted by Crippen LogP contribution is 2.38. The van der Waals surface area contributed by atoms with Crippen LogP contribution in [0.25, 0.3) is 16.7 Å². The summed E-state index contributed by atoms with van der Waals surface area (Å²) in [7, 11) is 0. The van der Waals surface area contributed by atoms with Gasteiger partial charge in [0.05, 0.1) is 10.7 Å². The van der Waals surface area contributed by atoms with Crippen molar-refractivity contribution in [3.05, 3.63) is 93.2 Å². The van der Waals surface area contributed by atoms with Gasteiger partial charge in [0.2, 0.25) is 0 Å². The Bertz CT molecular complexity index is 1220. The highest BCUT2D eigenvalue weighted by molar-refractivity contribution is 6.37. The van der Waals surface area contributed by atoms with Crippen molar-refractivity contribution in [3.8, 4) is 0 Å². The fraction of sp³-hybridized carbons (Fsp3) is 0.0870. The predicted molar refractivity (Wildman–Crippen MR) is 117 cm³/mol. The lowest BCUT2D eigenvalue weighted by Crippen LogP contribution is -2.06. The van der Waals surface area contributed by atoms with Crippen LogP contribution in [0, 0.1) is 0 Å². The van der Waals surface area contributed by atoms with Crippen molar-refractivity contribution in [3.63, 3.8) is 0 Å². The van der Waals surface area contributed by atoms with Crippen molar-refractivity contribution in [1.29, 1.82) is 0 Å². The first kappa shape index (κ1) is 19.4. The minimum absolute atomic E-state index is 0.00144. The first-order valence-corrected chi connectivity index (χ1v) is 9.70. The average molecular weight is 423 g/mol. The smallest absolute Gasteiger partial charge is 0.184 e. The van der Waals surface area contributed by atoms with Crippen molar-refractivity contribution < 1.29 is 9.21 Å². The molecule has 0 amide bonds. The van der Waals surface area contributed by atoms with Gasteiger partial charge in [0.15, 0.2) is 11.5 Å². The van der Waals surface area contributed by atoms with E-state index in [9.17, 15) is 4.79 Å². The molecule has 4 rings (SSSR count). The summed E-state index contributed by atoms with van der Waals surface area (Å²) in [6, 6.07) is 14.5. The maximum atomic E-state index is 12.2. The zero-order chi connectivity index (χ0) is 20.5. The molecule has 6 heteroatoms. The number of rotatable bonds is 3. The predicted octanol–water partition coefficient (Wildman–Crippen LogP) is 7.71. The molecule has 0 atom stereocenters. The molecule has 2 aromatic carbocycles. The van der Waals surface area contributed by atoms with Crippen LogP contribution in [0.5, 0.6) is 0 Å². The molecule has 0 radical (unpaired) electrons. The molecule has 1 aliphatic rings. The van der Waals surface area contributed by atoms with Crippen LogP contribution >= 0.6 is 23.2 Å². The Hall–Kier alpha value is -2.95. The number of nitrogens with zero attached hydrogens (tertiary/aromatic N) is 2. The van der Waals surface area contributed by atoms with Crippen molar-refractivity contribution in [1.82, 2.24) is 0 Å². The summed E-state index contributed by atoms with van der Waals surface area (Å²) in [4.78, 5) is 12.2. The first-order valence-electron chi connectivity index (χ1n) is 8.94. The highest BCUT2D eigenvalue weighted by Gasteiger charge is 2.22. The molecule has 0 bridgehead atoms. The number of hydrogen-bond donors (Lipinski definition) is 0. The van der Waals surface area contributed by atoms with E-state index >= 15 is 0 Å². The maximum Gasteiger partial charge on any atom is 0.184 e. The number of benzene rings is 2. The van der Waals surface area contributed by atoms with Gasteiger partial charge < -0.3 is 4.42 Å². The second kappa shape index (κ2) is 7.82. The van der Waals surface area contributed by atoms with Crippen LogP contribution < -0.4 is 0 Å². The molecule has 29 heavy (non-hydrogen) atoms. The molecule has 1 aliphatic carbocycles. The Labute approximate surface area is 177 Å². The third-order valence-corrected chi connectivity index (χ3v) is 5.20. The number of fused-ring (bicyclic) bond motifs is 1. The summed E-state index contributed by atoms with van der Waals surface area (Å²) >= 11 is 12.6. The summed E-state index contributed by atoms with van der Waals surface area (Å²) in [5.41, 5.74) is 3.68. The lowest BCUT2D eigenvalue weighted by Gasteiger charge is -2.11. The Morgan fingerprint density at radius 2 is 1.59 bits per heavy atom. The largest absolute Gasteiger partial charge is 0.453 e. The van der Waals surface area contributed by atoms with Gasteiger partial charge in [-0.1, -0.05) is 35.3 Å². The molecule has 0 unspecified atom stereocenters. The number of carbonyl (C=O) groups excluding carboxylic acids is 1. The molecule has 0 saturated heterocycles. The Balaban J connectivity index is 1.92. The van der Waals surface area contributed by atoms with Gasteiger partial charge >= 0.3 is 0 Å². The molecular weight excluding hydrogens is 407 g/mol. The second-order valence-electron chi connectivity index (χ2n) is 6.71. The zero-order valence-electron chi connectivity index (χ0n) is 15.7. The van der Waals surface area contributed by atoms with E-state index in [4.69, 9.17) is 27.6 Å². The average Bonchev–Trinajstić information content (AvgIpc) is 3.04. The third-order valence-electron chi connectivity index (χ3n) is 4.58. The van der Waals surface area contributed by atoms with Gasteiger partial charge in [-0.25, -0.2) is 0 Å². The van der Waals surface area contributed by atoms with Crippen LogP contribution in [0.1, 0.15) is 19.6 Å². The molecule has 0 aliphatic heterocycles. The van der Waals surface area contributed by atoms with Gasteiger partial charge in [0.1, 0.15) is 11.3 Å². The summed E-state index contributed by atoms with van der Waals surface area (Å²) < 4.78 is 6.01. The fourth-order valence-corrected chi connectivity index (χ4v) is 3.51. The van der Waals surface area contributed by atoms with E-state index in [2.05, 4.69) is 10.2 Å². The van der Waals surface area contributed by atoms with Crippen molar-refractivity contribution >= 4 is 51.3 Å². The number of azo groups is 1. The van der Waals surface area contributed by atoms with Gasteiger partial charge in [0.25, 0.3) is 0 Å².